The lowest BCUT2D eigenvalue weighted by Gasteiger charge is -2.15. The van der Waals surface area contributed by atoms with E-state index in [9.17, 15) is 0 Å². The highest BCUT2D eigenvalue weighted by Crippen LogP contribution is 2.21. The van der Waals surface area contributed by atoms with Gasteiger partial charge < -0.3 is 0 Å². The van der Waals surface area contributed by atoms with Crippen molar-refractivity contribution < 1.29 is 0 Å². The van der Waals surface area contributed by atoms with Gasteiger partial charge in [0.05, 0.1) is 10.7 Å². The Kier molecular flexibility index (Phi) is 2.89. The zero-order chi connectivity index (χ0) is 9.19. The maximum absolute atomic E-state index is 4.53. The second-order valence-corrected chi connectivity index (χ2v) is 5.27. The van der Waals surface area contributed by atoms with Crippen LogP contribution in [0.15, 0.2) is 5.38 Å². The van der Waals surface area contributed by atoms with Crippen molar-refractivity contribution in [2.24, 2.45) is 5.41 Å². The van der Waals surface area contributed by atoms with Gasteiger partial charge in [0.2, 0.25) is 0 Å². The molecule has 0 saturated carbocycles. The minimum Gasteiger partial charge on any atom is -0.246 e. The number of hydrogen-bond acceptors (Lipinski definition) is 2. The van der Waals surface area contributed by atoms with E-state index in [-0.39, 0.29) is 0 Å². The minimum absolute atomic E-state index is 0.360. The summed E-state index contributed by atoms with van der Waals surface area (Å²) in [5.74, 6) is 0. The van der Waals surface area contributed by atoms with Crippen LogP contribution in [0.5, 0.6) is 0 Å². The Morgan fingerprint density at radius 3 is 2.50 bits per heavy atom. The largest absolute Gasteiger partial charge is 0.246 e. The second-order valence-electron chi connectivity index (χ2n) is 4.32. The number of aryl methyl sites for hydroxylation is 1. The van der Waals surface area contributed by atoms with Gasteiger partial charge in [-0.05, 0) is 18.3 Å². The molecule has 0 aromatic carbocycles. The van der Waals surface area contributed by atoms with Crippen LogP contribution in [0.4, 0.5) is 0 Å². The Hall–Kier alpha value is -0.370. The van der Waals surface area contributed by atoms with Gasteiger partial charge in [0, 0.05) is 5.38 Å². The van der Waals surface area contributed by atoms with E-state index in [0.717, 1.165) is 12.8 Å². The molecular weight excluding hydrogens is 166 g/mol. The highest BCUT2D eigenvalue weighted by Gasteiger charge is 2.13. The summed E-state index contributed by atoms with van der Waals surface area (Å²) in [6.07, 6.45) is 2.15. The smallest absolute Gasteiger partial charge is 0.0925 e. The molecule has 1 heterocycles. The summed E-state index contributed by atoms with van der Waals surface area (Å²) >= 11 is 1.78. The Bertz CT molecular complexity index is 245. The third kappa shape index (κ3) is 2.94. The molecule has 0 saturated heterocycles. The number of hydrogen-bond donors (Lipinski definition) is 0. The maximum atomic E-state index is 4.53. The van der Waals surface area contributed by atoms with E-state index >= 15 is 0 Å². The summed E-state index contributed by atoms with van der Waals surface area (Å²) in [7, 11) is 0. The summed E-state index contributed by atoms with van der Waals surface area (Å²) in [5, 5.41) is 3.44. The van der Waals surface area contributed by atoms with Crippen LogP contribution < -0.4 is 0 Å². The van der Waals surface area contributed by atoms with Gasteiger partial charge in [-0.25, -0.2) is 4.98 Å². The molecule has 0 aliphatic heterocycles. The molecule has 0 spiro atoms. The number of aromatic nitrogens is 1. The lowest BCUT2D eigenvalue weighted by molar-refractivity contribution is 0.407. The topological polar surface area (TPSA) is 12.9 Å². The lowest BCUT2D eigenvalue weighted by Crippen LogP contribution is -2.09. The summed E-state index contributed by atoms with van der Waals surface area (Å²) in [5.41, 5.74) is 1.61. The van der Waals surface area contributed by atoms with E-state index in [1.807, 2.05) is 0 Å². The fourth-order valence-corrected chi connectivity index (χ4v) is 1.88. The van der Waals surface area contributed by atoms with Crippen LogP contribution in [0.25, 0.3) is 0 Å². The van der Waals surface area contributed by atoms with Gasteiger partial charge in [0.15, 0.2) is 0 Å². The molecule has 0 N–H and O–H groups in total. The molecule has 12 heavy (non-hydrogen) atoms. The van der Waals surface area contributed by atoms with Crippen LogP contribution in [-0.4, -0.2) is 4.98 Å². The predicted molar refractivity (Wildman–Crippen MR) is 54.7 cm³/mol. The van der Waals surface area contributed by atoms with Crippen LogP contribution in [0, 0.1) is 5.41 Å². The van der Waals surface area contributed by atoms with Crippen molar-refractivity contribution >= 4 is 11.3 Å². The van der Waals surface area contributed by atoms with Gasteiger partial charge in [-0.2, -0.15) is 0 Å². The van der Waals surface area contributed by atoms with E-state index in [2.05, 4.69) is 38.1 Å². The normalized spacial score (nSPS) is 12.0. The highest BCUT2D eigenvalue weighted by atomic mass is 32.1. The molecule has 1 nitrogen and oxygen atoms in total. The molecule has 0 amide bonds. The molecule has 68 valence electrons. The molecule has 1 rings (SSSR count). The van der Waals surface area contributed by atoms with Crippen molar-refractivity contribution in [2.75, 3.05) is 0 Å². The van der Waals surface area contributed by atoms with E-state index in [4.69, 9.17) is 0 Å². The first-order valence-electron chi connectivity index (χ1n) is 4.44. The third-order valence-corrected chi connectivity index (χ3v) is 2.66. The summed E-state index contributed by atoms with van der Waals surface area (Å²) in [6.45, 7) is 8.90. The average Bonchev–Trinajstić information content (AvgIpc) is 2.32. The van der Waals surface area contributed by atoms with Gasteiger partial charge in [-0.15, -0.1) is 11.3 Å². The van der Waals surface area contributed by atoms with E-state index in [1.165, 1.54) is 10.7 Å². The second kappa shape index (κ2) is 3.56. The van der Waals surface area contributed by atoms with Crippen molar-refractivity contribution in [1.29, 1.82) is 0 Å². The van der Waals surface area contributed by atoms with E-state index in [1.54, 1.807) is 11.3 Å². The highest BCUT2D eigenvalue weighted by molar-refractivity contribution is 7.09. The van der Waals surface area contributed by atoms with Crippen molar-refractivity contribution in [3.05, 3.63) is 16.1 Å². The Balaban J connectivity index is 2.64. The lowest BCUT2D eigenvalue weighted by atomic mass is 9.91. The molecular formula is C10H17NS. The summed E-state index contributed by atoms with van der Waals surface area (Å²) in [6, 6.07) is 0. The predicted octanol–water partition coefficient (Wildman–Crippen LogP) is 3.29. The Labute approximate surface area is 78.8 Å². The zero-order valence-electron chi connectivity index (χ0n) is 8.35. The monoisotopic (exact) mass is 183 g/mol. The minimum atomic E-state index is 0.360. The molecule has 0 aliphatic rings. The fraction of sp³-hybridized carbons (Fsp3) is 0.700. The van der Waals surface area contributed by atoms with Gasteiger partial charge in [0.1, 0.15) is 0 Å². The number of nitrogens with zero attached hydrogens (tertiary/aromatic N) is 1. The first-order valence-corrected chi connectivity index (χ1v) is 5.32. The van der Waals surface area contributed by atoms with Gasteiger partial charge in [-0.3, -0.25) is 0 Å². The van der Waals surface area contributed by atoms with E-state index < -0.39 is 0 Å². The van der Waals surface area contributed by atoms with Gasteiger partial charge >= 0.3 is 0 Å². The zero-order valence-corrected chi connectivity index (χ0v) is 9.16. The quantitative estimate of drug-likeness (QED) is 0.685. The van der Waals surface area contributed by atoms with Crippen LogP contribution in [0.1, 0.15) is 38.4 Å². The maximum Gasteiger partial charge on any atom is 0.0925 e. The third-order valence-electron chi connectivity index (χ3n) is 1.61. The van der Waals surface area contributed by atoms with Crippen molar-refractivity contribution in [3.63, 3.8) is 0 Å². The van der Waals surface area contributed by atoms with Crippen LogP contribution in [0.2, 0.25) is 0 Å². The Morgan fingerprint density at radius 1 is 1.42 bits per heavy atom. The van der Waals surface area contributed by atoms with Crippen molar-refractivity contribution in [3.8, 4) is 0 Å². The van der Waals surface area contributed by atoms with Crippen LogP contribution >= 0.6 is 11.3 Å². The van der Waals surface area contributed by atoms with Crippen molar-refractivity contribution in [1.82, 2.24) is 4.98 Å². The molecule has 0 bridgehead atoms. The fourth-order valence-electron chi connectivity index (χ4n) is 1.14. The first kappa shape index (κ1) is 9.72. The SMILES string of the molecule is CCc1nc(CC(C)(C)C)cs1. The van der Waals surface area contributed by atoms with E-state index in [0.29, 0.717) is 5.41 Å². The number of rotatable bonds is 2. The Morgan fingerprint density at radius 2 is 2.08 bits per heavy atom. The summed E-state index contributed by atoms with van der Waals surface area (Å²) in [4.78, 5) is 4.53. The number of thiazole rings is 1. The van der Waals surface area contributed by atoms with Gasteiger partial charge in [0.25, 0.3) is 0 Å². The molecule has 2 heteroatoms. The molecule has 1 aromatic rings. The first-order chi connectivity index (χ1) is 5.51. The average molecular weight is 183 g/mol. The summed E-state index contributed by atoms with van der Waals surface area (Å²) < 4.78 is 0. The van der Waals surface area contributed by atoms with Gasteiger partial charge in [-0.1, -0.05) is 27.7 Å². The molecule has 0 fully saturated rings. The molecule has 0 aliphatic carbocycles. The molecule has 1 aromatic heterocycles. The standard InChI is InChI=1S/C10H17NS/c1-5-9-11-8(7-12-9)6-10(2,3)4/h7H,5-6H2,1-4H3. The molecule has 0 atom stereocenters. The van der Waals surface area contributed by atoms with Crippen molar-refractivity contribution in [2.45, 2.75) is 40.5 Å². The van der Waals surface area contributed by atoms with Crippen LogP contribution in [0.3, 0.4) is 0 Å². The molecule has 0 radical (unpaired) electrons. The molecule has 0 unspecified atom stereocenters. The van der Waals surface area contributed by atoms with Crippen LogP contribution in [-0.2, 0) is 12.8 Å².